The molecule has 1 rings (SSSR count). The minimum atomic E-state index is -0.693. The van der Waals surface area contributed by atoms with Crippen molar-refractivity contribution in [3.8, 4) is 0 Å². The van der Waals surface area contributed by atoms with Crippen molar-refractivity contribution in [2.24, 2.45) is 23.7 Å². The van der Waals surface area contributed by atoms with Crippen LogP contribution in [-0.4, -0.2) is 36.1 Å². The zero-order chi connectivity index (χ0) is 13.7. The average Bonchev–Trinajstić information content (AvgIpc) is 2.25. The van der Waals surface area contributed by atoms with Gasteiger partial charge in [-0.05, 0) is 57.0 Å². The first-order valence-electron chi connectivity index (χ1n) is 7.29. The van der Waals surface area contributed by atoms with Crippen LogP contribution in [0.25, 0.3) is 0 Å². The van der Waals surface area contributed by atoms with Gasteiger partial charge in [0, 0.05) is 6.54 Å². The Kier molecular flexibility index (Phi) is 6.13. The highest BCUT2D eigenvalue weighted by atomic mass is 16.4. The van der Waals surface area contributed by atoms with E-state index in [1.807, 2.05) is 7.05 Å². The molecular weight excluding hydrogens is 226 g/mol. The van der Waals surface area contributed by atoms with Gasteiger partial charge in [0.15, 0.2) is 0 Å². The van der Waals surface area contributed by atoms with Gasteiger partial charge in [-0.2, -0.15) is 0 Å². The first-order chi connectivity index (χ1) is 8.38. The highest BCUT2D eigenvalue weighted by Gasteiger charge is 2.24. The van der Waals surface area contributed by atoms with Crippen LogP contribution in [0, 0.1) is 23.7 Å². The Morgan fingerprint density at radius 3 is 2.33 bits per heavy atom. The van der Waals surface area contributed by atoms with Gasteiger partial charge in [0.05, 0.1) is 5.92 Å². The summed E-state index contributed by atoms with van der Waals surface area (Å²) in [4.78, 5) is 13.0. The Morgan fingerprint density at radius 2 is 1.83 bits per heavy atom. The molecular formula is C15H29NO2. The number of rotatable bonds is 6. The Bertz CT molecular complexity index is 257. The van der Waals surface area contributed by atoms with Gasteiger partial charge in [0.2, 0.25) is 0 Å². The van der Waals surface area contributed by atoms with Crippen LogP contribution in [0.4, 0.5) is 0 Å². The first-order valence-corrected chi connectivity index (χ1v) is 7.29. The molecule has 0 aromatic carbocycles. The maximum Gasteiger partial charge on any atom is 0.307 e. The van der Waals surface area contributed by atoms with E-state index in [1.165, 1.54) is 25.7 Å². The summed E-state index contributed by atoms with van der Waals surface area (Å²) < 4.78 is 0. The minimum absolute atomic E-state index is 0.265. The lowest BCUT2D eigenvalue weighted by molar-refractivity contribution is -0.141. The predicted molar refractivity (Wildman–Crippen MR) is 74.6 cm³/mol. The summed E-state index contributed by atoms with van der Waals surface area (Å²) in [5, 5.41) is 8.89. The van der Waals surface area contributed by atoms with Crippen molar-refractivity contribution in [3.63, 3.8) is 0 Å². The number of nitrogens with zero attached hydrogens (tertiary/aromatic N) is 1. The lowest BCUT2D eigenvalue weighted by atomic mass is 9.75. The van der Waals surface area contributed by atoms with Crippen molar-refractivity contribution in [1.29, 1.82) is 0 Å². The van der Waals surface area contributed by atoms with E-state index >= 15 is 0 Å². The lowest BCUT2D eigenvalue weighted by Gasteiger charge is -2.32. The van der Waals surface area contributed by atoms with E-state index in [0.717, 1.165) is 24.3 Å². The number of carboxylic acid groups (broad SMARTS) is 1. The maximum atomic E-state index is 10.8. The molecule has 0 aliphatic heterocycles. The summed E-state index contributed by atoms with van der Waals surface area (Å²) in [7, 11) is 2.04. The summed E-state index contributed by atoms with van der Waals surface area (Å²) in [6, 6.07) is 0. The van der Waals surface area contributed by atoms with Crippen molar-refractivity contribution in [1.82, 2.24) is 4.90 Å². The third kappa shape index (κ3) is 5.38. The van der Waals surface area contributed by atoms with Crippen LogP contribution in [0.15, 0.2) is 0 Å². The van der Waals surface area contributed by atoms with Gasteiger partial charge < -0.3 is 10.0 Å². The summed E-state index contributed by atoms with van der Waals surface area (Å²) in [6.07, 6.45) is 5.30. The molecule has 18 heavy (non-hydrogen) atoms. The van der Waals surface area contributed by atoms with E-state index in [9.17, 15) is 4.79 Å². The number of carboxylic acids is 1. The molecule has 0 aromatic heterocycles. The van der Waals surface area contributed by atoms with Gasteiger partial charge in [0.1, 0.15) is 0 Å². The Labute approximate surface area is 112 Å². The van der Waals surface area contributed by atoms with E-state index in [4.69, 9.17) is 5.11 Å². The second kappa shape index (κ2) is 7.13. The van der Waals surface area contributed by atoms with E-state index < -0.39 is 5.97 Å². The van der Waals surface area contributed by atoms with Crippen molar-refractivity contribution in [3.05, 3.63) is 0 Å². The van der Waals surface area contributed by atoms with Gasteiger partial charge in [-0.25, -0.2) is 0 Å². The smallest absolute Gasteiger partial charge is 0.307 e. The molecule has 1 aliphatic rings. The van der Waals surface area contributed by atoms with Gasteiger partial charge in [-0.15, -0.1) is 0 Å². The van der Waals surface area contributed by atoms with Crippen molar-refractivity contribution < 1.29 is 9.90 Å². The minimum Gasteiger partial charge on any atom is -0.481 e. The summed E-state index contributed by atoms with van der Waals surface area (Å²) >= 11 is 0. The van der Waals surface area contributed by atoms with Crippen LogP contribution in [0.1, 0.15) is 46.5 Å². The summed E-state index contributed by atoms with van der Waals surface area (Å²) in [5.41, 5.74) is 0. The monoisotopic (exact) mass is 255 g/mol. The molecule has 0 saturated heterocycles. The lowest BCUT2D eigenvalue weighted by Crippen LogP contribution is -2.31. The molecule has 3 atom stereocenters. The average molecular weight is 255 g/mol. The Balaban J connectivity index is 2.25. The summed E-state index contributed by atoms with van der Waals surface area (Å²) in [5.74, 6) is 1.61. The molecule has 0 amide bonds. The molecule has 0 heterocycles. The van der Waals surface area contributed by atoms with Crippen molar-refractivity contribution >= 4 is 5.97 Å². The molecule has 0 aromatic rings. The fraction of sp³-hybridized carbons (Fsp3) is 0.933. The quantitative estimate of drug-likeness (QED) is 0.793. The van der Waals surface area contributed by atoms with Crippen LogP contribution in [0.5, 0.6) is 0 Å². The Hall–Kier alpha value is -0.570. The summed E-state index contributed by atoms with van der Waals surface area (Å²) in [6.45, 7) is 8.19. The zero-order valence-corrected chi connectivity index (χ0v) is 12.4. The largest absolute Gasteiger partial charge is 0.481 e. The third-order valence-corrected chi connectivity index (χ3v) is 4.20. The molecule has 1 fully saturated rings. The van der Waals surface area contributed by atoms with E-state index in [1.54, 1.807) is 6.92 Å². The van der Waals surface area contributed by atoms with Gasteiger partial charge >= 0.3 is 5.97 Å². The highest BCUT2D eigenvalue weighted by Crippen LogP contribution is 2.34. The molecule has 1 N–H and O–H groups in total. The second-order valence-corrected chi connectivity index (χ2v) is 6.57. The highest BCUT2D eigenvalue weighted by molar-refractivity contribution is 5.69. The molecule has 3 nitrogen and oxygen atoms in total. The number of hydrogen-bond donors (Lipinski definition) is 1. The van der Waals surface area contributed by atoms with Crippen LogP contribution < -0.4 is 0 Å². The SMILES string of the molecule is CC1CC(C)CC(CCN(C)CC(C)C(=O)O)C1. The van der Waals surface area contributed by atoms with Crippen LogP contribution >= 0.6 is 0 Å². The molecule has 0 radical (unpaired) electrons. The third-order valence-electron chi connectivity index (χ3n) is 4.20. The number of aliphatic carboxylic acids is 1. The van der Waals surface area contributed by atoms with Crippen LogP contribution in [-0.2, 0) is 4.79 Å². The number of carbonyl (C=O) groups is 1. The normalized spacial score (nSPS) is 30.4. The van der Waals surface area contributed by atoms with Crippen molar-refractivity contribution in [2.45, 2.75) is 46.5 Å². The van der Waals surface area contributed by atoms with Crippen LogP contribution in [0.3, 0.4) is 0 Å². The fourth-order valence-corrected chi connectivity index (χ4v) is 3.39. The molecule has 0 spiro atoms. The zero-order valence-electron chi connectivity index (χ0n) is 12.4. The second-order valence-electron chi connectivity index (χ2n) is 6.57. The molecule has 0 bridgehead atoms. The maximum absolute atomic E-state index is 10.8. The topological polar surface area (TPSA) is 40.5 Å². The van der Waals surface area contributed by atoms with Crippen molar-refractivity contribution in [2.75, 3.05) is 20.1 Å². The molecule has 1 aliphatic carbocycles. The Morgan fingerprint density at radius 1 is 1.28 bits per heavy atom. The van der Waals surface area contributed by atoms with E-state index in [0.29, 0.717) is 6.54 Å². The fourth-order valence-electron chi connectivity index (χ4n) is 3.39. The van der Waals surface area contributed by atoms with Gasteiger partial charge in [0.25, 0.3) is 0 Å². The van der Waals surface area contributed by atoms with Crippen LogP contribution in [0.2, 0.25) is 0 Å². The molecule has 106 valence electrons. The predicted octanol–water partition coefficient (Wildman–Crippen LogP) is 3.10. The first kappa shape index (κ1) is 15.5. The molecule has 1 saturated carbocycles. The standard InChI is InChI=1S/C15H29NO2/c1-11-7-12(2)9-14(8-11)5-6-16(4)10-13(3)15(17)18/h11-14H,5-10H2,1-4H3,(H,17,18). The van der Waals surface area contributed by atoms with E-state index in [-0.39, 0.29) is 5.92 Å². The van der Waals surface area contributed by atoms with Gasteiger partial charge in [-0.1, -0.05) is 20.8 Å². The van der Waals surface area contributed by atoms with Gasteiger partial charge in [-0.3, -0.25) is 4.79 Å². The van der Waals surface area contributed by atoms with E-state index in [2.05, 4.69) is 18.7 Å². The molecule has 3 unspecified atom stereocenters. The number of hydrogen-bond acceptors (Lipinski definition) is 2. The molecule has 3 heteroatoms.